The topological polar surface area (TPSA) is 15.7 Å². The molecule has 0 amide bonds. The lowest BCUT2D eigenvalue weighted by Gasteiger charge is -2.36. The molecule has 1 aromatic carbocycles. The van der Waals surface area contributed by atoms with Crippen molar-refractivity contribution in [3.63, 3.8) is 0 Å². The summed E-state index contributed by atoms with van der Waals surface area (Å²) in [6, 6.07) is 8.86. The fourth-order valence-corrected chi connectivity index (χ4v) is 4.99. The van der Waals surface area contributed by atoms with Crippen LogP contribution in [0, 0.1) is 6.92 Å². The van der Waals surface area contributed by atoms with E-state index in [1.165, 1.54) is 47.4 Å². The number of nitrogens with zero attached hydrogens (tertiary/aromatic N) is 2. The second-order valence-corrected chi connectivity index (χ2v) is 8.61. The third-order valence-electron chi connectivity index (χ3n) is 5.77. The first-order valence-electron chi connectivity index (χ1n) is 10.1. The van der Waals surface area contributed by atoms with Gasteiger partial charge in [0.2, 0.25) is 0 Å². The van der Waals surface area contributed by atoms with E-state index >= 15 is 0 Å². The number of rotatable bonds is 6. The Kier molecular flexibility index (Phi) is 5.81. The fraction of sp³-hybridized carbons (Fsp3) is 0.545. The number of ether oxygens (including phenoxy) is 1. The largest absolute Gasteiger partial charge is 0.493 e. The van der Waals surface area contributed by atoms with Gasteiger partial charge in [0.1, 0.15) is 5.75 Å². The predicted octanol–water partition coefficient (Wildman–Crippen LogP) is 4.53. The first-order chi connectivity index (χ1) is 12.8. The van der Waals surface area contributed by atoms with Gasteiger partial charge >= 0.3 is 0 Å². The van der Waals surface area contributed by atoms with E-state index in [0.717, 1.165) is 51.5 Å². The molecule has 0 radical (unpaired) electrons. The van der Waals surface area contributed by atoms with Crippen LogP contribution < -0.4 is 9.64 Å². The molecule has 26 heavy (non-hydrogen) atoms. The summed E-state index contributed by atoms with van der Waals surface area (Å²) in [6.45, 7) is 8.82. The van der Waals surface area contributed by atoms with Gasteiger partial charge in [0.25, 0.3) is 0 Å². The van der Waals surface area contributed by atoms with Crippen molar-refractivity contribution in [3.05, 3.63) is 45.6 Å². The Balaban J connectivity index is 1.20. The highest BCUT2D eigenvalue weighted by molar-refractivity contribution is 7.10. The number of aryl methyl sites for hydroxylation is 2. The van der Waals surface area contributed by atoms with Gasteiger partial charge in [-0.2, -0.15) is 0 Å². The molecule has 0 unspecified atom stereocenters. The number of hydrogen-bond acceptors (Lipinski definition) is 4. The van der Waals surface area contributed by atoms with E-state index in [1.54, 1.807) is 0 Å². The van der Waals surface area contributed by atoms with Crippen LogP contribution in [-0.2, 0) is 12.8 Å². The highest BCUT2D eigenvalue weighted by Gasteiger charge is 2.18. The summed E-state index contributed by atoms with van der Waals surface area (Å²) >= 11 is 1.85. The normalized spacial score (nSPS) is 18.0. The maximum absolute atomic E-state index is 6.16. The Morgan fingerprint density at radius 2 is 1.88 bits per heavy atom. The third-order valence-corrected chi connectivity index (χ3v) is 6.61. The first kappa shape index (κ1) is 17.9. The van der Waals surface area contributed by atoms with Gasteiger partial charge in [-0.3, -0.25) is 4.90 Å². The minimum atomic E-state index is 0.834. The smallest absolute Gasteiger partial charge is 0.122 e. The molecule has 2 aromatic rings. The highest BCUT2D eigenvalue weighted by atomic mass is 32.1. The molecule has 3 nitrogen and oxygen atoms in total. The zero-order chi connectivity index (χ0) is 17.8. The average Bonchev–Trinajstić information content (AvgIpc) is 3.12. The van der Waals surface area contributed by atoms with Crippen LogP contribution in [0.3, 0.4) is 0 Å². The second-order valence-electron chi connectivity index (χ2n) is 7.49. The quantitative estimate of drug-likeness (QED) is 0.695. The molecule has 2 aliphatic rings. The molecule has 2 heterocycles. The average molecular weight is 371 g/mol. The monoisotopic (exact) mass is 370 g/mol. The van der Waals surface area contributed by atoms with Crippen molar-refractivity contribution in [1.29, 1.82) is 0 Å². The van der Waals surface area contributed by atoms with Crippen molar-refractivity contribution in [3.8, 4) is 5.75 Å². The number of anilines is 1. The van der Waals surface area contributed by atoms with Gasteiger partial charge in [0.15, 0.2) is 0 Å². The summed E-state index contributed by atoms with van der Waals surface area (Å²) in [5.74, 6) is 1.14. The van der Waals surface area contributed by atoms with Crippen LogP contribution in [0.2, 0.25) is 0 Å². The zero-order valence-electron chi connectivity index (χ0n) is 15.9. The van der Waals surface area contributed by atoms with E-state index in [9.17, 15) is 0 Å². The Morgan fingerprint density at radius 3 is 2.69 bits per heavy atom. The van der Waals surface area contributed by atoms with Crippen LogP contribution in [0.15, 0.2) is 29.6 Å². The summed E-state index contributed by atoms with van der Waals surface area (Å²) in [5.41, 5.74) is 4.42. The molecular weight excluding hydrogens is 340 g/mol. The molecule has 140 valence electrons. The van der Waals surface area contributed by atoms with Crippen molar-refractivity contribution in [2.75, 3.05) is 44.2 Å². The molecule has 0 saturated carbocycles. The van der Waals surface area contributed by atoms with Crippen LogP contribution in [0.4, 0.5) is 5.69 Å². The van der Waals surface area contributed by atoms with Gasteiger partial charge in [0, 0.05) is 37.6 Å². The summed E-state index contributed by atoms with van der Waals surface area (Å²) in [6.07, 6.45) is 6.16. The van der Waals surface area contributed by atoms with Gasteiger partial charge in [-0.25, -0.2) is 0 Å². The van der Waals surface area contributed by atoms with Crippen molar-refractivity contribution in [1.82, 2.24) is 4.90 Å². The summed E-state index contributed by atoms with van der Waals surface area (Å²) in [5, 5.41) is 2.21. The minimum Gasteiger partial charge on any atom is -0.493 e. The molecule has 4 heteroatoms. The molecule has 1 aliphatic carbocycles. The van der Waals surface area contributed by atoms with E-state index in [4.69, 9.17) is 4.74 Å². The van der Waals surface area contributed by atoms with Gasteiger partial charge in [0.05, 0.1) is 12.3 Å². The van der Waals surface area contributed by atoms with E-state index in [-0.39, 0.29) is 0 Å². The Bertz CT molecular complexity index is 719. The van der Waals surface area contributed by atoms with Crippen molar-refractivity contribution in [2.45, 2.75) is 39.0 Å². The van der Waals surface area contributed by atoms with E-state index in [1.807, 2.05) is 11.3 Å². The molecule has 1 saturated heterocycles. The molecule has 4 rings (SSSR count). The lowest BCUT2D eigenvalue weighted by molar-refractivity contribution is 0.224. The fourth-order valence-electron chi connectivity index (χ4n) is 4.27. The van der Waals surface area contributed by atoms with Gasteiger partial charge in [-0.15, -0.1) is 11.3 Å². The zero-order valence-corrected chi connectivity index (χ0v) is 16.7. The Morgan fingerprint density at radius 1 is 1.04 bits per heavy atom. The molecule has 0 atom stereocenters. The van der Waals surface area contributed by atoms with Crippen LogP contribution >= 0.6 is 11.3 Å². The number of hydrogen-bond donors (Lipinski definition) is 0. The molecule has 1 fully saturated rings. The Labute approximate surface area is 161 Å². The van der Waals surface area contributed by atoms with Crippen LogP contribution in [0.25, 0.3) is 0 Å². The molecule has 1 aromatic heterocycles. The van der Waals surface area contributed by atoms with Crippen LogP contribution in [0.5, 0.6) is 5.75 Å². The molecule has 0 bridgehead atoms. The third kappa shape index (κ3) is 4.07. The summed E-state index contributed by atoms with van der Waals surface area (Å²) in [7, 11) is 0. The van der Waals surface area contributed by atoms with Gasteiger partial charge in [-0.05, 0) is 67.7 Å². The molecule has 0 spiro atoms. The number of thiophene rings is 1. The first-order valence-corrected chi connectivity index (χ1v) is 10.9. The number of benzene rings is 1. The minimum absolute atomic E-state index is 0.834. The molecular formula is C22H30N2OS. The number of fused-ring (bicyclic) bond motifs is 1. The molecule has 1 aliphatic heterocycles. The van der Waals surface area contributed by atoms with Crippen molar-refractivity contribution in [2.24, 2.45) is 0 Å². The molecule has 0 N–H and O–H groups in total. The maximum Gasteiger partial charge on any atom is 0.122 e. The maximum atomic E-state index is 6.16. The van der Waals surface area contributed by atoms with Crippen molar-refractivity contribution >= 4 is 17.0 Å². The van der Waals surface area contributed by atoms with Crippen molar-refractivity contribution < 1.29 is 4.74 Å². The standard InChI is InChI=1S/C22H30N2OS/c1-18-21(10-17-26-18)24-14-12-23(13-15-24)11-5-16-25-22-9-4-7-19-6-2-3-8-20(19)22/h4,7,9-10,17H,2-3,5-6,8,11-16H2,1H3. The SMILES string of the molecule is Cc1sccc1N1CCN(CCCOc2cccc3c2CCCC3)CC1. The van der Waals surface area contributed by atoms with Gasteiger partial charge < -0.3 is 9.64 Å². The van der Waals surface area contributed by atoms with Gasteiger partial charge in [-0.1, -0.05) is 12.1 Å². The lowest BCUT2D eigenvalue weighted by Crippen LogP contribution is -2.46. The number of piperazine rings is 1. The van der Waals surface area contributed by atoms with E-state index in [2.05, 4.69) is 46.4 Å². The van der Waals surface area contributed by atoms with Crippen LogP contribution in [0.1, 0.15) is 35.3 Å². The lowest BCUT2D eigenvalue weighted by atomic mass is 9.91. The van der Waals surface area contributed by atoms with E-state index < -0.39 is 0 Å². The second kappa shape index (κ2) is 8.45. The highest BCUT2D eigenvalue weighted by Crippen LogP contribution is 2.29. The Hall–Kier alpha value is -1.52. The predicted molar refractivity (Wildman–Crippen MR) is 111 cm³/mol. The van der Waals surface area contributed by atoms with Crippen LogP contribution in [-0.4, -0.2) is 44.2 Å². The van der Waals surface area contributed by atoms with E-state index in [0.29, 0.717) is 0 Å². The summed E-state index contributed by atoms with van der Waals surface area (Å²) in [4.78, 5) is 6.56. The summed E-state index contributed by atoms with van der Waals surface area (Å²) < 4.78 is 6.16.